The molecule has 0 spiro atoms. The summed E-state index contributed by atoms with van der Waals surface area (Å²) in [7, 11) is 0. The molecule has 1 heterocycles. The highest BCUT2D eigenvalue weighted by molar-refractivity contribution is 6.06. The van der Waals surface area contributed by atoms with Crippen LogP contribution in [0.5, 0.6) is 0 Å². The van der Waals surface area contributed by atoms with Crippen LogP contribution in [0, 0.1) is 5.82 Å². The standard InChI is InChI=1S/C22H18FNO3/c23-15-11-9-14(10-12-15)20(25)13-27-22(26)21-16-5-1-3-7-18(16)24-19-8-4-2-6-17(19)21/h1,3,5,7,9-12H,2,4,6,8,13H2. The third-order valence-corrected chi connectivity index (χ3v) is 4.87. The van der Waals surface area contributed by atoms with Crippen LogP contribution in [-0.4, -0.2) is 23.3 Å². The van der Waals surface area contributed by atoms with Crippen LogP contribution >= 0.6 is 0 Å². The van der Waals surface area contributed by atoms with Crippen LogP contribution in [-0.2, 0) is 17.6 Å². The van der Waals surface area contributed by atoms with E-state index < -0.39 is 11.8 Å². The number of aryl methyl sites for hydroxylation is 1. The molecule has 0 N–H and O–H groups in total. The molecule has 1 aliphatic carbocycles. The quantitative estimate of drug-likeness (QED) is 0.512. The fourth-order valence-electron chi connectivity index (χ4n) is 3.53. The third-order valence-electron chi connectivity index (χ3n) is 4.87. The Morgan fingerprint density at radius 2 is 1.74 bits per heavy atom. The topological polar surface area (TPSA) is 56.3 Å². The first-order valence-corrected chi connectivity index (χ1v) is 9.00. The molecule has 4 rings (SSSR count). The smallest absolute Gasteiger partial charge is 0.339 e. The highest BCUT2D eigenvalue weighted by atomic mass is 19.1. The molecule has 0 amide bonds. The summed E-state index contributed by atoms with van der Waals surface area (Å²) in [5.74, 6) is -1.30. The van der Waals surface area contributed by atoms with Gasteiger partial charge in [0.1, 0.15) is 5.82 Å². The third kappa shape index (κ3) is 3.45. The van der Waals surface area contributed by atoms with Crippen LogP contribution in [0.25, 0.3) is 10.9 Å². The number of para-hydroxylation sites is 1. The van der Waals surface area contributed by atoms with Crippen molar-refractivity contribution in [1.82, 2.24) is 4.98 Å². The van der Waals surface area contributed by atoms with E-state index in [-0.39, 0.29) is 12.4 Å². The van der Waals surface area contributed by atoms with E-state index in [4.69, 9.17) is 9.72 Å². The zero-order valence-electron chi connectivity index (χ0n) is 14.7. The molecule has 0 fully saturated rings. The van der Waals surface area contributed by atoms with Gasteiger partial charge in [0.15, 0.2) is 12.4 Å². The number of carbonyl (C=O) groups is 2. The second-order valence-electron chi connectivity index (χ2n) is 6.64. The zero-order valence-corrected chi connectivity index (χ0v) is 14.7. The first-order valence-electron chi connectivity index (χ1n) is 9.00. The Balaban J connectivity index is 1.62. The van der Waals surface area contributed by atoms with E-state index in [9.17, 15) is 14.0 Å². The Labute approximate surface area is 156 Å². The molecule has 0 saturated heterocycles. The number of carbonyl (C=O) groups excluding carboxylic acids is 2. The molecule has 1 aliphatic rings. The van der Waals surface area contributed by atoms with Gasteiger partial charge in [-0.05, 0) is 61.6 Å². The molecule has 0 radical (unpaired) electrons. The number of rotatable bonds is 4. The Bertz CT molecular complexity index is 1030. The number of hydrogen-bond donors (Lipinski definition) is 0. The first-order chi connectivity index (χ1) is 13.1. The summed E-state index contributed by atoms with van der Waals surface area (Å²) in [4.78, 5) is 29.8. The lowest BCUT2D eigenvalue weighted by Crippen LogP contribution is -2.18. The molecule has 0 bridgehead atoms. The molecule has 3 aromatic rings. The molecule has 5 heteroatoms. The summed E-state index contributed by atoms with van der Waals surface area (Å²) in [5, 5.41) is 0.748. The van der Waals surface area contributed by atoms with E-state index in [1.165, 1.54) is 24.3 Å². The maximum atomic E-state index is 13.0. The maximum absolute atomic E-state index is 13.0. The number of hydrogen-bond acceptors (Lipinski definition) is 4. The maximum Gasteiger partial charge on any atom is 0.339 e. The number of ketones is 1. The average Bonchev–Trinajstić information content (AvgIpc) is 2.70. The largest absolute Gasteiger partial charge is 0.454 e. The number of fused-ring (bicyclic) bond motifs is 2. The van der Waals surface area contributed by atoms with Crippen LogP contribution in [0.3, 0.4) is 0 Å². The van der Waals surface area contributed by atoms with Gasteiger partial charge in [0.2, 0.25) is 0 Å². The van der Waals surface area contributed by atoms with Gasteiger partial charge < -0.3 is 4.74 Å². The van der Waals surface area contributed by atoms with Crippen LogP contribution in [0.15, 0.2) is 48.5 Å². The predicted octanol–water partition coefficient (Wildman–Crippen LogP) is 4.29. The van der Waals surface area contributed by atoms with Crippen LogP contribution in [0.1, 0.15) is 44.8 Å². The van der Waals surface area contributed by atoms with E-state index >= 15 is 0 Å². The van der Waals surface area contributed by atoms with Crippen molar-refractivity contribution in [3.63, 3.8) is 0 Å². The van der Waals surface area contributed by atoms with Crippen LogP contribution in [0.4, 0.5) is 4.39 Å². The van der Waals surface area contributed by atoms with Gasteiger partial charge in [-0.25, -0.2) is 9.18 Å². The van der Waals surface area contributed by atoms with Gasteiger partial charge in [-0.2, -0.15) is 0 Å². The predicted molar refractivity (Wildman–Crippen MR) is 99.4 cm³/mol. The molecule has 1 aromatic heterocycles. The number of ether oxygens (including phenoxy) is 1. The number of esters is 1. The number of aromatic nitrogens is 1. The normalized spacial score (nSPS) is 13.2. The lowest BCUT2D eigenvalue weighted by molar-refractivity contribution is 0.0475. The molecule has 0 unspecified atom stereocenters. The molecule has 2 aromatic carbocycles. The van der Waals surface area contributed by atoms with Gasteiger partial charge in [0.25, 0.3) is 0 Å². The van der Waals surface area contributed by atoms with Crippen LogP contribution in [0.2, 0.25) is 0 Å². The SMILES string of the molecule is O=C(COC(=O)c1c2c(nc3ccccc13)CCCC2)c1ccc(F)cc1. The summed E-state index contributed by atoms with van der Waals surface area (Å²) >= 11 is 0. The van der Waals surface area contributed by atoms with Gasteiger partial charge in [0, 0.05) is 16.6 Å². The fourth-order valence-corrected chi connectivity index (χ4v) is 3.53. The van der Waals surface area contributed by atoms with Gasteiger partial charge in [-0.1, -0.05) is 18.2 Å². The number of halogens is 1. The van der Waals surface area contributed by atoms with Crippen LogP contribution < -0.4 is 0 Å². The summed E-state index contributed by atoms with van der Waals surface area (Å²) in [6.07, 6.45) is 3.68. The zero-order chi connectivity index (χ0) is 18.8. The lowest BCUT2D eigenvalue weighted by Gasteiger charge is -2.19. The molecular weight excluding hydrogens is 345 g/mol. The van der Waals surface area contributed by atoms with E-state index in [0.29, 0.717) is 11.1 Å². The minimum absolute atomic E-state index is 0.311. The molecule has 0 saturated carbocycles. The molecular formula is C22H18FNO3. The number of Topliss-reactive ketones (excluding diaryl/α,β-unsaturated/α-hetero) is 1. The first kappa shape index (κ1) is 17.3. The van der Waals surface area contributed by atoms with E-state index in [0.717, 1.165) is 47.8 Å². The Morgan fingerprint density at radius 3 is 2.56 bits per heavy atom. The minimum Gasteiger partial charge on any atom is -0.454 e. The Kier molecular flexibility index (Phi) is 4.67. The van der Waals surface area contributed by atoms with Gasteiger partial charge >= 0.3 is 5.97 Å². The summed E-state index contributed by atoms with van der Waals surface area (Å²) in [5.41, 5.74) is 3.46. The van der Waals surface area contributed by atoms with Crippen molar-refractivity contribution in [3.05, 3.63) is 76.7 Å². The Morgan fingerprint density at radius 1 is 1.00 bits per heavy atom. The van der Waals surface area contributed by atoms with Gasteiger partial charge in [0.05, 0.1) is 11.1 Å². The molecule has 27 heavy (non-hydrogen) atoms. The average molecular weight is 363 g/mol. The fraction of sp³-hybridized carbons (Fsp3) is 0.227. The van der Waals surface area contributed by atoms with Crippen molar-refractivity contribution in [2.75, 3.05) is 6.61 Å². The second kappa shape index (κ2) is 7.27. The number of benzene rings is 2. The monoisotopic (exact) mass is 363 g/mol. The lowest BCUT2D eigenvalue weighted by atomic mass is 9.90. The summed E-state index contributed by atoms with van der Waals surface area (Å²) in [6.45, 7) is -0.379. The molecule has 136 valence electrons. The number of pyridine rings is 1. The van der Waals surface area contributed by atoms with E-state index in [2.05, 4.69) is 0 Å². The molecule has 0 aliphatic heterocycles. The van der Waals surface area contributed by atoms with Crippen molar-refractivity contribution < 1.29 is 18.7 Å². The highest BCUT2D eigenvalue weighted by Gasteiger charge is 2.24. The summed E-state index contributed by atoms with van der Waals surface area (Å²) in [6, 6.07) is 12.7. The minimum atomic E-state index is -0.512. The molecule has 4 nitrogen and oxygen atoms in total. The van der Waals surface area contributed by atoms with Crippen molar-refractivity contribution in [3.8, 4) is 0 Å². The summed E-state index contributed by atoms with van der Waals surface area (Å²) < 4.78 is 18.3. The van der Waals surface area contributed by atoms with Crippen molar-refractivity contribution >= 4 is 22.7 Å². The van der Waals surface area contributed by atoms with Crippen molar-refractivity contribution in [2.45, 2.75) is 25.7 Å². The Hall–Kier alpha value is -3.08. The highest BCUT2D eigenvalue weighted by Crippen LogP contribution is 2.29. The molecule has 0 atom stereocenters. The second-order valence-corrected chi connectivity index (χ2v) is 6.64. The van der Waals surface area contributed by atoms with Crippen molar-refractivity contribution in [2.24, 2.45) is 0 Å². The van der Waals surface area contributed by atoms with E-state index in [1.807, 2.05) is 24.3 Å². The van der Waals surface area contributed by atoms with E-state index in [1.54, 1.807) is 0 Å². The van der Waals surface area contributed by atoms with Gasteiger partial charge in [-0.15, -0.1) is 0 Å². The van der Waals surface area contributed by atoms with Gasteiger partial charge in [-0.3, -0.25) is 9.78 Å². The van der Waals surface area contributed by atoms with Crippen molar-refractivity contribution in [1.29, 1.82) is 0 Å². The number of nitrogens with zero attached hydrogens (tertiary/aromatic N) is 1.